The first kappa shape index (κ1) is 14.2. The van der Waals surface area contributed by atoms with Crippen molar-refractivity contribution in [2.45, 2.75) is 32.4 Å². The molecule has 6 heteroatoms. The molecule has 2 rings (SSSR count). The third kappa shape index (κ3) is 3.03. The number of nitro benzene ring substituents is 1. The second-order valence-corrected chi connectivity index (χ2v) is 4.94. The molecular weight excluding hydrogens is 258 g/mol. The molecule has 1 aromatic carbocycles. The Hall–Kier alpha value is -2.21. The number of aliphatic hydroxyl groups is 1. The van der Waals surface area contributed by atoms with Crippen LogP contribution >= 0.6 is 0 Å². The maximum atomic E-state index is 11.0. The summed E-state index contributed by atoms with van der Waals surface area (Å²) in [5.41, 5.74) is 0.850. The van der Waals surface area contributed by atoms with Gasteiger partial charge in [0.2, 0.25) is 0 Å². The normalized spacial score (nSPS) is 13.9. The summed E-state index contributed by atoms with van der Waals surface area (Å²) in [7, 11) is 0. The van der Waals surface area contributed by atoms with Gasteiger partial charge in [-0.1, -0.05) is 0 Å². The average Bonchev–Trinajstić information content (AvgIpc) is 2.37. The van der Waals surface area contributed by atoms with Gasteiger partial charge in [0.25, 0.3) is 5.69 Å². The van der Waals surface area contributed by atoms with Gasteiger partial charge in [0, 0.05) is 35.6 Å². The number of aliphatic hydroxyl groups excluding tert-OH is 1. The van der Waals surface area contributed by atoms with Crippen LogP contribution in [0.3, 0.4) is 0 Å². The van der Waals surface area contributed by atoms with Gasteiger partial charge in [-0.15, -0.1) is 0 Å². The van der Waals surface area contributed by atoms with Crippen molar-refractivity contribution >= 4 is 22.1 Å². The van der Waals surface area contributed by atoms with Crippen LogP contribution in [-0.2, 0) is 0 Å². The van der Waals surface area contributed by atoms with Crippen LogP contribution in [0, 0.1) is 10.1 Å². The molecule has 2 N–H and O–H groups in total. The van der Waals surface area contributed by atoms with Crippen LogP contribution in [0.5, 0.6) is 0 Å². The highest BCUT2D eigenvalue weighted by molar-refractivity contribution is 5.99. The van der Waals surface area contributed by atoms with Gasteiger partial charge in [-0.3, -0.25) is 15.1 Å². The molecule has 0 saturated carbocycles. The van der Waals surface area contributed by atoms with Crippen molar-refractivity contribution in [2.24, 2.45) is 0 Å². The molecular formula is C14H17N3O3. The van der Waals surface area contributed by atoms with Crippen molar-refractivity contribution in [1.29, 1.82) is 0 Å². The first-order chi connectivity index (χ1) is 9.49. The van der Waals surface area contributed by atoms with E-state index in [9.17, 15) is 15.2 Å². The lowest BCUT2D eigenvalue weighted by Crippen LogP contribution is -2.20. The predicted octanol–water partition coefficient (Wildman–Crippen LogP) is 2.71. The molecule has 0 amide bonds. The third-order valence-electron chi connectivity index (χ3n) is 3.09. The zero-order valence-corrected chi connectivity index (χ0v) is 11.4. The smallest absolute Gasteiger partial charge is 0.277 e. The Morgan fingerprint density at radius 1 is 1.35 bits per heavy atom. The van der Waals surface area contributed by atoms with Crippen LogP contribution in [0.4, 0.5) is 11.4 Å². The molecule has 2 aromatic rings. The monoisotopic (exact) mass is 275 g/mol. The molecule has 1 aromatic heterocycles. The number of nitrogens with zero attached hydrogens (tertiary/aromatic N) is 2. The first-order valence-electron chi connectivity index (χ1n) is 6.44. The second-order valence-electron chi connectivity index (χ2n) is 4.94. The van der Waals surface area contributed by atoms with Crippen molar-refractivity contribution in [3.8, 4) is 0 Å². The van der Waals surface area contributed by atoms with Gasteiger partial charge in [0.05, 0.1) is 16.4 Å². The number of rotatable bonds is 5. The highest BCUT2D eigenvalue weighted by atomic mass is 16.6. The maximum Gasteiger partial charge on any atom is 0.277 e. The van der Waals surface area contributed by atoms with E-state index in [1.165, 1.54) is 6.07 Å². The minimum atomic E-state index is -0.403. The molecule has 20 heavy (non-hydrogen) atoms. The lowest BCUT2D eigenvalue weighted by molar-refractivity contribution is -0.383. The van der Waals surface area contributed by atoms with E-state index in [4.69, 9.17) is 0 Å². The fourth-order valence-electron chi connectivity index (χ4n) is 2.30. The summed E-state index contributed by atoms with van der Waals surface area (Å²) in [4.78, 5) is 14.7. The molecule has 0 saturated heterocycles. The van der Waals surface area contributed by atoms with Gasteiger partial charge in [0.15, 0.2) is 0 Å². The van der Waals surface area contributed by atoms with E-state index in [1.54, 1.807) is 31.5 Å². The Bertz CT molecular complexity index is 628. The number of aromatic nitrogens is 1. The van der Waals surface area contributed by atoms with Gasteiger partial charge in [0.1, 0.15) is 0 Å². The summed E-state index contributed by atoms with van der Waals surface area (Å²) in [6.45, 7) is 3.68. The average molecular weight is 275 g/mol. The number of hydrogen-bond acceptors (Lipinski definition) is 5. The molecule has 106 valence electrons. The van der Waals surface area contributed by atoms with E-state index >= 15 is 0 Å². The summed E-state index contributed by atoms with van der Waals surface area (Å²) < 4.78 is 0. The first-order valence-corrected chi connectivity index (χ1v) is 6.44. The zero-order chi connectivity index (χ0) is 14.7. The number of fused-ring (bicyclic) bond motifs is 1. The molecule has 0 radical (unpaired) electrons. The summed E-state index contributed by atoms with van der Waals surface area (Å²) in [6.07, 6.45) is 3.34. The fourth-order valence-corrected chi connectivity index (χ4v) is 2.30. The van der Waals surface area contributed by atoms with Crippen LogP contribution in [0.2, 0.25) is 0 Å². The molecule has 2 unspecified atom stereocenters. The van der Waals surface area contributed by atoms with Crippen LogP contribution in [0.1, 0.15) is 20.3 Å². The highest BCUT2D eigenvalue weighted by Crippen LogP contribution is 2.31. The minimum Gasteiger partial charge on any atom is -0.393 e. The fraction of sp³-hybridized carbons (Fsp3) is 0.357. The summed E-state index contributed by atoms with van der Waals surface area (Å²) in [6, 6.07) is 4.86. The third-order valence-corrected chi connectivity index (χ3v) is 3.09. The molecule has 6 nitrogen and oxygen atoms in total. The number of benzene rings is 1. The topological polar surface area (TPSA) is 88.3 Å². The summed E-state index contributed by atoms with van der Waals surface area (Å²) >= 11 is 0. The molecule has 2 atom stereocenters. The number of anilines is 1. The van der Waals surface area contributed by atoms with Crippen LogP contribution in [-0.4, -0.2) is 27.2 Å². The Balaban J connectivity index is 2.40. The Kier molecular flexibility index (Phi) is 4.14. The molecule has 1 heterocycles. The standard InChI is InChI=1S/C14H17N3O3/c1-9(7-10(2)18)16-13-3-4-14(17(19)20)11-5-6-15-8-12(11)13/h3-6,8-10,16,18H,7H2,1-2H3. The Morgan fingerprint density at radius 3 is 2.75 bits per heavy atom. The number of pyridine rings is 1. The van der Waals surface area contributed by atoms with Crippen LogP contribution in [0.25, 0.3) is 10.8 Å². The van der Waals surface area contributed by atoms with E-state index in [2.05, 4.69) is 10.3 Å². The molecule has 0 aliphatic rings. The SMILES string of the molecule is CC(O)CC(C)Nc1ccc([N+](=O)[O-])c2ccncc12. The maximum absolute atomic E-state index is 11.0. The largest absolute Gasteiger partial charge is 0.393 e. The van der Waals surface area contributed by atoms with Crippen LogP contribution in [0.15, 0.2) is 30.6 Å². The van der Waals surface area contributed by atoms with E-state index in [0.29, 0.717) is 17.2 Å². The van der Waals surface area contributed by atoms with Crippen LogP contribution < -0.4 is 5.32 Å². The Morgan fingerprint density at radius 2 is 2.10 bits per heavy atom. The van der Waals surface area contributed by atoms with E-state index in [-0.39, 0.29) is 11.7 Å². The zero-order valence-electron chi connectivity index (χ0n) is 11.4. The Labute approximate surface area is 116 Å². The van der Waals surface area contributed by atoms with Crippen molar-refractivity contribution in [3.63, 3.8) is 0 Å². The number of hydrogen-bond donors (Lipinski definition) is 2. The second kappa shape index (κ2) is 5.83. The van der Waals surface area contributed by atoms with Gasteiger partial charge < -0.3 is 10.4 Å². The quantitative estimate of drug-likeness (QED) is 0.647. The summed E-state index contributed by atoms with van der Waals surface area (Å²) in [5, 5.41) is 24.9. The lowest BCUT2D eigenvalue weighted by Gasteiger charge is -2.18. The highest BCUT2D eigenvalue weighted by Gasteiger charge is 2.15. The van der Waals surface area contributed by atoms with Crippen molar-refractivity contribution < 1.29 is 10.0 Å². The van der Waals surface area contributed by atoms with Gasteiger partial charge in [-0.25, -0.2) is 0 Å². The molecule has 0 aliphatic carbocycles. The van der Waals surface area contributed by atoms with Crippen molar-refractivity contribution in [1.82, 2.24) is 4.98 Å². The molecule has 0 bridgehead atoms. The number of nitrogens with one attached hydrogen (secondary N) is 1. The van der Waals surface area contributed by atoms with E-state index in [1.807, 2.05) is 6.92 Å². The number of non-ortho nitro benzene ring substituents is 1. The van der Waals surface area contributed by atoms with Gasteiger partial charge >= 0.3 is 0 Å². The minimum absolute atomic E-state index is 0.0554. The van der Waals surface area contributed by atoms with E-state index in [0.717, 1.165) is 5.69 Å². The van der Waals surface area contributed by atoms with Crippen molar-refractivity contribution in [2.75, 3.05) is 5.32 Å². The number of nitro groups is 1. The van der Waals surface area contributed by atoms with Gasteiger partial charge in [-0.05, 0) is 32.4 Å². The van der Waals surface area contributed by atoms with E-state index < -0.39 is 11.0 Å². The van der Waals surface area contributed by atoms with Crippen molar-refractivity contribution in [3.05, 3.63) is 40.7 Å². The summed E-state index contributed by atoms with van der Waals surface area (Å²) in [5.74, 6) is 0. The lowest BCUT2D eigenvalue weighted by atomic mass is 10.1. The predicted molar refractivity (Wildman–Crippen MR) is 77.8 cm³/mol. The molecule has 0 spiro atoms. The molecule has 0 fully saturated rings. The molecule has 0 aliphatic heterocycles. The van der Waals surface area contributed by atoms with Gasteiger partial charge in [-0.2, -0.15) is 0 Å².